The zero-order chi connectivity index (χ0) is 14.3. The van der Waals surface area contributed by atoms with Crippen molar-refractivity contribution in [2.75, 3.05) is 40.4 Å². The van der Waals surface area contributed by atoms with Crippen molar-refractivity contribution < 1.29 is 13.2 Å². The average Bonchev–Trinajstić information content (AvgIpc) is 2.85. The Morgan fingerprint density at radius 1 is 1.47 bits per heavy atom. The lowest BCUT2D eigenvalue weighted by atomic mass is 10.5. The minimum Gasteiger partial charge on any atom is -0.383 e. The lowest BCUT2D eigenvalue weighted by molar-refractivity contribution is 0.162. The molecule has 1 heterocycles. The van der Waals surface area contributed by atoms with Crippen molar-refractivity contribution in [3.63, 3.8) is 0 Å². The first-order chi connectivity index (χ1) is 8.99. The van der Waals surface area contributed by atoms with E-state index in [1.807, 2.05) is 11.9 Å². The highest BCUT2D eigenvalue weighted by Crippen LogP contribution is 2.18. The fourth-order valence-corrected chi connectivity index (χ4v) is 3.60. The highest BCUT2D eigenvalue weighted by molar-refractivity contribution is 7.89. The van der Waals surface area contributed by atoms with Crippen molar-refractivity contribution >= 4 is 21.4 Å². The Kier molecular flexibility index (Phi) is 6.90. The van der Waals surface area contributed by atoms with Gasteiger partial charge in [-0.25, -0.2) is 13.1 Å². The monoisotopic (exact) mass is 307 g/mol. The van der Waals surface area contributed by atoms with Gasteiger partial charge in [0.05, 0.1) is 11.5 Å². The number of hydrogen-bond acceptors (Lipinski definition) is 6. The average molecular weight is 307 g/mol. The molecule has 1 rings (SSSR count). The van der Waals surface area contributed by atoms with Crippen LogP contribution in [0.25, 0.3) is 0 Å². The molecule has 1 aromatic heterocycles. The van der Waals surface area contributed by atoms with Gasteiger partial charge in [0.2, 0.25) is 10.0 Å². The fourth-order valence-electron chi connectivity index (χ4n) is 1.42. The summed E-state index contributed by atoms with van der Waals surface area (Å²) in [5.74, 6) is 0. The summed E-state index contributed by atoms with van der Waals surface area (Å²) in [6.45, 7) is 2.77. The molecule has 0 amide bonds. The number of nitrogens with zero attached hydrogens (tertiary/aromatic N) is 1. The van der Waals surface area contributed by atoms with Crippen molar-refractivity contribution in [3.8, 4) is 0 Å². The number of methoxy groups -OCH3 is 1. The summed E-state index contributed by atoms with van der Waals surface area (Å²) >= 11 is 1.36. The van der Waals surface area contributed by atoms with Crippen LogP contribution in [0, 0.1) is 0 Å². The molecule has 0 bridgehead atoms. The second kappa shape index (κ2) is 7.93. The van der Waals surface area contributed by atoms with Crippen molar-refractivity contribution in [1.29, 1.82) is 0 Å². The van der Waals surface area contributed by atoms with Gasteiger partial charge in [-0.1, -0.05) is 0 Å². The molecule has 0 fully saturated rings. The third-order valence-corrected chi connectivity index (χ3v) is 5.15. The van der Waals surface area contributed by atoms with Crippen LogP contribution in [0.2, 0.25) is 0 Å². The smallest absolute Gasteiger partial charge is 0.241 e. The Hall–Kier alpha value is -0.510. The summed E-state index contributed by atoms with van der Waals surface area (Å²) in [5, 5.41) is 1.61. The molecule has 1 aromatic rings. The van der Waals surface area contributed by atoms with Gasteiger partial charge in [0.15, 0.2) is 0 Å². The van der Waals surface area contributed by atoms with Crippen LogP contribution in [0.4, 0.5) is 0 Å². The molecule has 6 nitrogen and oxygen atoms in total. The minimum absolute atomic E-state index is 0.289. The van der Waals surface area contributed by atoms with E-state index in [1.165, 1.54) is 11.3 Å². The number of likely N-dealkylation sites (N-methyl/N-ethyl adjacent to an activating group) is 1. The Labute approximate surface area is 118 Å². The zero-order valence-corrected chi connectivity index (χ0v) is 12.9. The summed E-state index contributed by atoms with van der Waals surface area (Å²) in [5.41, 5.74) is 5.47. The topological polar surface area (TPSA) is 84.7 Å². The minimum atomic E-state index is -3.42. The second-order valence-electron chi connectivity index (χ2n) is 4.15. The Morgan fingerprint density at radius 3 is 2.79 bits per heavy atom. The molecule has 110 valence electrons. The fraction of sp³-hybridized carbons (Fsp3) is 0.636. The molecule has 0 spiro atoms. The Morgan fingerprint density at radius 2 is 2.21 bits per heavy atom. The summed E-state index contributed by atoms with van der Waals surface area (Å²) in [4.78, 5) is 3.15. The van der Waals surface area contributed by atoms with E-state index in [9.17, 15) is 8.42 Å². The number of ether oxygens (including phenoxy) is 1. The molecule has 0 unspecified atom stereocenters. The first-order valence-corrected chi connectivity index (χ1v) is 8.30. The SMILES string of the molecule is COCCN(C)CCNS(=O)(=O)c1csc(CN)c1. The van der Waals surface area contributed by atoms with Crippen molar-refractivity contribution in [2.45, 2.75) is 11.4 Å². The number of rotatable bonds is 9. The van der Waals surface area contributed by atoms with Crippen LogP contribution in [0.5, 0.6) is 0 Å². The van der Waals surface area contributed by atoms with Crippen molar-refractivity contribution in [3.05, 3.63) is 16.3 Å². The standard InChI is InChI=1S/C11H21N3O3S2/c1-14(5-6-17-2)4-3-13-19(15,16)11-7-10(8-12)18-9-11/h7,9,13H,3-6,8,12H2,1-2H3. The molecule has 0 atom stereocenters. The first kappa shape index (κ1) is 16.5. The molecule has 0 aromatic carbocycles. The number of sulfonamides is 1. The summed E-state index contributed by atoms with van der Waals surface area (Å²) in [6.07, 6.45) is 0. The first-order valence-electron chi connectivity index (χ1n) is 5.94. The predicted molar refractivity (Wildman–Crippen MR) is 76.8 cm³/mol. The molecule has 8 heteroatoms. The summed E-state index contributed by atoms with van der Waals surface area (Å²) in [6, 6.07) is 1.61. The van der Waals surface area contributed by atoms with Gasteiger partial charge in [0.1, 0.15) is 0 Å². The largest absolute Gasteiger partial charge is 0.383 e. The van der Waals surface area contributed by atoms with Crippen LogP contribution >= 0.6 is 11.3 Å². The third kappa shape index (κ3) is 5.55. The van der Waals surface area contributed by atoms with E-state index in [0.29, 0.717) is 26.2 Å². The Bertz CT molecular complexity index is 473. The normalized spacial score (nSPS) is 12.2. The van der Waals surface area contributed by atoms with E-state index in [-0.39, 0.29) is 4.90 Å². The highest BCUT2D eigenvalue weighted by atomic mass is 32.2. The maximum Gasteiger partial charge on any atom is 0.241 e. The maximum absolute atomic E-state index is 12.0. The van der Waals surface area contributed by atoms with Crippen LogP contribution in [0.3, 0.4) is 0 Å². The van der Waals surface area contributed by atoms with E-state index in [2.05, 4.69) is 4.72 Å². The van der Waals surface area contributed by atoms with Crippen LogP contribution in [0.15, 0.2) is 16.3 Å². The predicted octanol–water partition coefficient (Wildman–Crippen LogP) is 0.0633. The lowest BCUT2D eigenvalue weighted by Gasteiger charge is -2.15. The van der Waals surface area contributed by atoms with E-state index < -0.39 is 10.0 Å². The van der Waals surface area contributed by atoms with Gasteiger partial charge >= 0.3 is 0 Å². The van der Waals surface area contributed by atoms with Gasteiger partial charge in [-0.3, -0.25) is 0 Å². The molecule has 0 radical (unpaired) electrons. The van der Waals surface area contributed by atoms with E-state index in [4.69, 9.17) is 10.5 Å². The highest BCUT2D eigenvalue weighted by Gasteiger charge is 2.15. The van der Waals surface area contributed by atoms with Gasteiger partial charge < -0.3 is 15.4 Å². The second-order valence-corrected chi connectivity index (χ2v) is 6.91. The molecule has 0 aliphatic rings. The number of nitrogens with one attached hydrogen (secondary N) is 1. The molecule has 0 saturated heterocycles. The van der Waals surface area contributed by atoms with Crippen LogP contribution in [-0.4, -0.2) is 53.7 Å². The van der Waals surface area contributed by atoms with Gasteiger partial charge in [0.25, 0.3) is 0 Å². The van der Waals surface area contributed by atoms with Crippen LogP contribution in [0.1, 0.15) is 4.88 Å². The maximum atomic E-state index is 12.0. The summed E-state index contributed by atoms with van der Waals surface area (Å²) in [7, 11) is 0.143. The molecule has 3 N–H and O–H groups in total. The lowest BCUT2D eigenvalue weighted by Crippen LogP contribution is -2.34. The molecular formula is C11H21N3O3S2. The quantitative estimate of drug-likeness (QED) is 0.674. The molecule has 0 aliphatic carbocycles. The van der Waals surface area contributed by atoms with Gasteiger partial charge in [-0.15, -0.1) is 11.3 Å². The van der Waals surface area contributed by atoms with E-state index in [1.54, 1.807) is 18.6 Å². The zero-order valence-electron chi connectivity index (χ0n) is 11.3. The van der Waals surface area contributed by atoms with Crippen molar-refractivity contribution in [1.82, 2.24) is 9.62 Å². The number of thiophene rings is 1. The van der Waals surface area contributed by atoms with Gasteiger partial charge in [-0.05, 0) is 13.1 Å². The molecular weight excluding hydrogens is 286 g/mol. The molecule has 19 heavy (non-hydrogen) atoms. The number of nitrogens with two attached hydrogens (primary N) is 1. The van der Waals surface area contributed by atoms with Gasteiger partial charge in [0, 0.05) is 43.5 Å². The van der Waals surface area contributed by atoms with Crippen molar-refractivity contribution in [2.24, 2.45) is 5.73 Å². The van der Waals surface area contributed by atoms with E-state index in [0.717, 1.165) is 11.4 Å². The van der Waals surface area contributed by atoms with Crippen LogP contribution < -0.4 is 10.5 Å². The summed E-state index contributed by atoms with van der Waals surface area (Å²) < 4.78 is 31.5. The Balaban J connectivity index is 2.43. The molecule has 0 saturated carbocycles. The number of hydrogen-bond donors (Lipinski definition) is 2. The van der Waals surface area contributed by atoms with Crippen LogP contribution in [-0.2, 0) is 21.3 Å². The third-order valence-electron chi connectivity index (χ3n) is 2.60. The molecule has 0 aliphatic heterocycles. The van der Waals surface area contributed by atoms with Gasteiger partial charge in [-0.2, -0.15) is 0 Å². The van der Waals surface area contributed by atoms with E-state index >= 15 is 0 Å².